The molecular weight excluding hydrogens is 272 g/mol. The third-order valence-corrected chi connectivity index (χ3v) is 4.41. The second kappa shape index (κ2) is 6.07. The van der Waals surface area contributed by atoms with Crippen LogP contribution in [0.15, 0.2) is 54.6 Å². The zero-order chi connectivity index (χ0) is 14.8. The Kier molecular flexibility index (Phi) is 3.79. The van der Waals surface area contributed by atoms with Gasteiger partial charge in [0.05, 0.1) is 13.2 Å². The van der Waals surface area contributed by atoms with E-state index in [9.17, 15) is 0 Å². The van der Waals surface area contributed by atoms with Gasteiger partial charge in [-0.25, -0.2) is 0 Å². The fourth-order valence-corrected chi connectivity index (χ4v) is 3.34. The molecule has 1 aliphatic rings. The van der Waals surface area contributed by atoms with Crippen molar-refractivity contribution in [3.63, 3.8) is 0 Å². The number of aryl methyl sites for hydroxylation is 1. The summed E-state index contributed by atoms with van der Waals surface area (Å²) in [6.07, 6.45) is 2.85. The van der Waals surface area contributed by atoms with Gasteiger partial charge in [0.15, 0.2) is 6.29 Å². The van der Waals surface area contributed by atoms with Gasteiger partial charge < -0.3 is 9.47 Å². The average molecular weight is 292 g/mol. The molecule has 1 saturated heterocycles. The molecule has 1 aliphatic heterocycles. The number of hydrogen-bond donors (Lipinski definition) is 0. The summed E-state index contributed by atoms with van der Waals surface area (Å²) in [6.45, 7) is 1.64. The molecule has 22 heavy (non-hydrogen) atoms. The molecular formula is C20H20O2. The van der Waals surface area contributed by atoms with Crippen LogP contribution in [-0.2, 0) is 15.9 Å². The predicted molar refractivity (Wildman–Crippen MR) is 90.1 cm³/mol. The Morgan fingerprint density at radius 1 is 0.818 bits per heavy atom. The van der Waals surface area contributed by atoms with E-state index in [-0.39, 0.29) is 6.29 Å². The summed E-state index contributed by atoms with van der Waals surface area (Å²) in [5, 5.41) is 5.30. The molecule has 0 aliphatic carbocycles. The molecule has 0 amide bonds. The molecule has 2 heteroatoms. The summed E-state index contributed by atoms with van der Waals surface area (Å²) >= 11 is 0. The summed E-state index contributed by atoms with van der Waals surface area (Å²) < 4.78 is 11.4. The first-order valence-corrected chi connectivity index (χ1v) is 8.04. The first-order chi connectivity index (χ1) is 10.9. The highest BCUT2D eigenvalue weighted by atomic mass is 16.7. The SMILES string of the molecule is c1ccc2c(CCC3OCCCO3)c3ccccc3cc2c1. The van der Waals surface area contributed by atoms with Crippen LogP contribution >= 0.6 is 0 Å². The van der Waals surface area contributed by atoms with E-state index in [1.165, 1.54) is 27.1 Å². The van der Waals surface area contributed by atoms with Crippen molar-refractivity contribution in [3.05, 3.63) is 60.2 Å². The molecule has 0 atom stereocenters. The van der Waals surface area contributed by atoms with Gasteiger partial charge in [0.2, 0.25) is 0 Å². The van der Waals surface area contributed by atoms with Crippen LogP contribution in [0, 0.1) is 0 Å². The Hall–Kier alpha value is -1.90. The van der Waals surface area contributed by atoms with Crippen molar-refractivity contribution in [1.82, 2.24) is 0 Å². The zero-order valence-corrected chi connectivity index (χ0v) is 12.6. The van der Waals surface area contributed by atoms with Crippen LogP contribution in [0.3, 0.4) is 0 Å². The van der Waals surface area contributed by atoms with E-state index in [1.807, 2.05) is 0 Å². The molecule has 3 aromatic rings. The standard InChI is InChI=1S/C20H20O2/c1-3-8-17-15(6-1)14-16-7-2-4-9-18(16)19(17)10-11-20-21-12-5-13-22-20/h1-4,6-9,14,20H,5,10-13H2. The molecule has 3 aromatic carbocycles. The Labute approximate surface area is 130 Å². The lowest BCUT2D eigenvalue weighted by Crippen LogP contribution is -2.25. The van der Waals surface area contributed by atoms with Gasteiger partial charge in [0.25, 0.3) is 0 Å². The maximum Gasteiger partial charge on any atom is 0.157 e. The molecule has 0 radical (unpaired) electrons. The van der Waals surface area contributed by atoms with Gasteiger partial charge in [0.1, 0.15) is 0 Å². The van der Waals surface area contributed by atoms with E-state index >= 15 is 0 Å². The van der Waals surface area contributed by atoms with Crippen molar-refractivity contribution in [1.29, 1.82) is 0 Å². The summed E-state index contributed by atoms with van der Waals surface area (Å²) in [6, 6.07) is 19.6. The van der Waals surface area contributed by atoms with Gasteiger partial charge in [0, 0.05) is 6.42 Å². The van der Waals surface area contributed by atoms with Crippen molar-refractivity contribution in [3.8, 4) is 0 Å². The Bertz CT molecular complexity index is 734. The van der Waals surface area contributed by atoms with E-state index in [1.54, 1.807) is 0 Å². The Morgan fingerprint density at radius 2 is 1.41 bits per heavy atom. The Morgan fingerprint density at radius 3 is 2.05 bits per heavy atom. The predicted octanol–water partition coefficient (Wildman–Crippen LogP) is 4.69. The summed E-state index contributed by atoms with van der Waals surface area (Å²) in [5.74, 6) is 0. The van der Waals surface area contributed by atoms with E-state index < -0.39 is 0 Å². The van der Waals surface area contributed by atoms with Crippen LogP contribution in [0.25, 0.3) is 21.5 Å². The lowest BCUT2D eigenvalue weighted by atomic mass is 9.94. The molecule has 1 fully saturated rings. The molecule has 0 spiro atoms. The molecule has 4 rings (SSSR count). The molecule has 0 saturated carbocycles. The molecule has 2 nitrogen and oxygen atoms in total. The highest BCUT2D eigenvalue weighted by Gasteiger charge is 2.15. The molecule has 112 valence electrons. The lowest BCUT2D eigenvalue weighted by molar-refractivity contribution is -0.180. The van der Waals surface area contributed by atoms with Gasteiger partial charge >= 0.3 is 0 Å². The number of ether oxygens (including phenoxy) is 2. The zero-order valence-electron chi connectivity index (χ0n) is 12.6. The number of fused-ring (bicyclic) bond motifs is 2. The van der Waals surface area contributed by atoms with Gasteiger partial charge in [-0.3, -0.25) is 0 Å². The minimum absolute atomic E-state index is 0.0496. The second-order valence-electron chi connectivity index (χ2n) is 5.86. The van der Waals surface area contributed by atoms with Crippen LogP contribution in [0.2, 0.25) is 0 Å². The summed E-state index contributed by atoms with van der Waals surface area (Å²) in [5.41, 5.74) is 1.41. The Balaban J connectivity index is 1.75. The van der Waals surface area contributed by atoms with Gasteiger partial charge in [-0.2, -0.15) is 0 Å². The van der Waals surface area contributed by atoms with E-state index in [0.29, 0.717) is 0 Å². The lowest BCUT2D eigenvalue weighted by Gasteiger charge is -2.23. The highest BCUT2D eigenvalue weighted by Crippen LogP contribution is 2.30. The number of hydrogen-bond acceptors (Lipinski definition) is 2. The third-order valence-electron chi connectivity index (χ3n) is 4.41. The van der Waals surface area contributed by atoms with Crippen molar-refractivity contribution in [2.45, 2.75) is 25.6 Å². The van der Waals surface area contributed by atoms with Crippen molar-refractivity contribution in [2.75, 3.05) is 13.2 Å². The van der Waals surface area contributed by atoms with Crippen LogP contribution in [0.1, 0.15) is 18.4 Å². The summed E-state index contributed by atoms with van der Waals surface area (Å²) in [7, 11) is 0. The first kappa shape index (κ1) is 13.7. The maximum atomic E-state index is 5.70. The minimum Gasteiger partial charge on any atom is -0.353 e. The molecule has 0 aromatic heterocycles. The van der Waals surface area contributed by atoms with Crippen LogP contribution in [-0.4, -0.2) is 19.5 Å². The fraction of sp³-hybridized carbons (Fsp3) is 0.300. The fourth-order valence-electron chi connectivity index (χ4n) is 3.34. The van der Waals surface area contributed by atoms with Crippen LogP contribution in [0.4, 0.5) is 0 Å². The minimum atomic E-state index is -0.0496. The van der Waals surface area contributed by atoms with Crippen molar-refractivity contribution in [2.24, 2.45) is 0 Å². The molecule has 0 bridgehead atoms. The van der Waals surface area contributed by atoms with E-state index in [0.717, 1.165) is 32.5 Å². The highest BCUT2D eigenvalue weighted by molar-refractivity contribution is 6.02. The number of benzene rings is 3. The van der Waals surface area contributed by atoms with Gasteiger partial charge in [-0.15, -0.1) is 0 Å². The topological polar surface area (TPSA) is 18.5 Å². The van der Waals surface area contributed by atoms with E-state index in [2.05, 4.69) is 54.6 Å². The largest absolute Gasteiger partial charge is 0.353 e. The van der Waals surface area contributed by atoms with Crippen molar-refractivity contribution >= 4 is 21.5 Å². The molecule has 1 heterocycles. The van der Waals surface area contributed by atoms with Crippen molar-refractivity contribution < 1.29 is 9.47 Å². The van der Waals surface area contributed by atoms with Gasteiger partial charge in [-0.05, 0) is 46.0 Å². The third kappa shape index (κ3) is 2.60. The maximum absolute atomic E-state index is 5.70. The monoisotopic (exact) mass is 292 g/mol. The van der Waals surface area contributed by atoms with Crippen LogP contribution < -0.4 is 0 Å². The van der Waals surface area contributed by atoms with Crippen LogP contribution in [0.5, 0.6) is 0 Å². The molecule has 0 N–H and O–H groups in total. The van der Waals surface area contributed by atoms with Gasteiger partial charge in [-0.1, -0.05) is 48.5 Å². The summed E-state index contributed by atoms with van der Waals surface area (Å²) in [4.78, 5) is 0. The average Bonchev–Trinajstić information content (AvgIpc) is 2.59. The first-order valence-electron chi connectivity index (χ1n) is 8.04. The number of rotatable bonds is 3. The second-order valence-corrected chi connectivity index (χ2v) is 5.86. The smallest absolute Gasteiger partial charge is 0.157 e. The van der Waals surface area contributed by atoms with E-state index in [4.69, 9.17) is 9.47 Å². The normalized spacial score (nSPS) is 16.4. The molecule has 0 unspecified atom stereocenters. The quantitative estimate of drug-likeness (QED) is 0.652.